The van der Waals surface area contributed by atoms with Crippen molar-refractivity contribution >= 4 is 23.3 Å². The number of carbonyl (C=O) groups is 1. The summed E-state index contributed by atoms with van der Waals surface area (Å²) in [7, 11) is 0. The van der Waals surface area contributed by atoms with Gasteiger partial charge in [0.15, 0.2) is 0 Å². The molecule has 0 atom stereocenters. The molecular weight excluding hydrogens is 326 g/mol. The minimum Gasteiger partial charge on any atom is -0.353 e. The van der Waals surface area contributed by atoms with E-state index in [1.54, 1.807) is 17.4 Å². The van der Waals surface area contributed by atoms with Crippen molar-refractivity contribution in [2.24, 2.45) is 0 Å². The van der Waals surface area contributed by atoms with Crippen LogP contribution in [0.3, 0.4) is 0 Å². The normalized spacial score (nSPS) is 11.1. The smallest absolute Gasteiger partial charge is 0.244 e. The Bertz CT molecular complexity index is 755. The monoisotopic (exact) mass is 347 g/mol. The van der Waals surface area contributed by atoms with E-state index >= 15 is 0 Å². The Labute approximate surface area is 152 Å². The summed E-state index contributed by atoms with van der Waals surface area (Å²) in [6, 6.07) is 24.9. The van der Waals surface area contributed by atoms with Crippen LogP contribution in [0.15, 0.2) is 84.3 Å². The van der Waals surface area contributed by atoms with Gasteiger partial charge >= 0.3 is 0 Å². The van der Waals surface area contributed by atoms with Crippen LogP contribution in [-0.4, -0.2) is 12.5 Å². The van der Waals surface area contributed by atoms with E-state index in [9.17, 15) is 4.79 Å². The Kier molecular flexibility index (Phi) is 6.18. The molecule has 25 heavy (non-hydrogen) atoms. The topological polar surface area (TPSA) is 29.1 Å². The summed E-state index contributed by atoms with van der Waals surface area (Å²) >= 11 is 1.62. The lowest BCUT2D eigenvalue weighted by Crippen LogP contribution is -2.23. The van der Waals surface area contributed by atoms with Crippen molar-refractivity contribution in [2.75, 3.05) is 6.54 Å². The van der Waals surface area contributed by atoms with Gasteiger partial charge in [0.05, 0.1) is 0 Å². The molecule has 1 aromatic heterocycles. The Morgan fingerprint density at radius 2 is 1.56 bits per heavy atom. The third-order valence-electron chi connectivity index (χ3n) is 4.08. The first-order valence-electron chi connectivity index (χ1n) is 8.42. The summed E-state index contributed by atoms with van der Waals surface area (Å²) in [6.07, 6.45) is 4.32. The fourth-order valence-corrected chi connectivity index (χ4v) is 3.46. The molecule has 1 heterocycles. The van der Waals surface area contributed by atoms with Crippen molar-refractivity contribution in [3.05, 3.63) is 100 Å². The van der Waals surface area contributed by atoms with Gasteiger partial charge in [0, 0.05) is 23.4 Å². The van der Waals surface area contributed by atoms with Gasteiger partial charge in [0.1, 0.15) is 0 Å². The lowest BCUT2D eigenvalue weighted by Gasteiger charge is -2.18. The van der Waals surface area contributed by atoms with Crippen molar-refractivity contribution < 1.29 is 4.79 Å². The fraction of sp³-hybridized carbons (Fsp3) is 0.136. The van der Waals surface area contributed by atoms with Crippen LogP contribution < -0.4 is 5.32 Å². The number of rotatable bonds is 7. The molecular formula is C22H21NOS. The zero-order chi connectivity index (χ0) is 17.3. The summed E-state index contributed by atoms with van der Waals surface area (Å²) in [5, 5.41) is 5.00. The van der Waals surface area contributed by atoms with Crippen molar-refractivity contribution in [2.45, 2.75) is 12.3 Å². The average molecular weight is 347 g/mol. The SMILES string of the molecule is O=C(C=Cc1cccs1)NCCC(c1ccccc1)c1ccccc1. The van der Waals surface area contributed by atoms with Gasteiger partial charge in [-0.3, -0.25) is 4.79 Å². The summed E-state index contributed by atoms with van der Waals surface area (Å²) in [5.74, 6) is 0.234. The van der Waals surface area contributed by atoms with Gasteiger partial charge in [-0.25, -0.2) is 0 Å². The minimum atomic E-state index is -0.0479. The molecule has 0 fully saturated rings. The van der Waals surface area contributed by atoms with Crippen LogP contribution >= 0.6 is 11.3 Å². The maximum absolute atomic E-state index is 12.0. The molecule has 3 rings (SSSR count). The van der Waals surface area contributed by atoms with Crippen LogP contribution in [0.1, 0.15) is 28.3 Å². The Balaban J connectivity index is 1.60. The quantitative estimate of drug-likeness (QED) is 0.592. The highest BCUT2D eigenvalue weighted by atomic mass is 32.1. The van der Waals surface area contributed by atoms with E-state index in [-0.39, 0.29) is 11.8 Å². The third-order valence-corrected chi connectivity index (χ3v) is 4.92. The molecule has 0 bridgehead atoms. The van der Waals surface area contributed by atoms with Crippen LogP contribution in [0.5, 0.6) is 0 Å². The summed E-state index contributed by atoms with van der Waals surface area (Å²) in [5.41, 5.74) is 2.55. The Morgan fingerprint density at radius 1 is 0.920 bits per heavy atom. The van der Waals surface area contributed by atoms with Gasteiger partial charge in [-0.1, -0.05) is 66.7 Å². The minimum absolute atomic E-state index is 0.0479. The highest BCUT2D eigenvalue weighted by Gasteiger charge is 2.13. The molecule has 0 aliphatic heterocycles. The van der Waals surface area contributed by atoms with Crippen LogP contribution in [0.4, 0.5) is 0 Å². The predicted molar refractivity (Wildman–Crippen MR) is 106 cm³/mol. The number of hydrogen-bond donors (Lipinski definition) is 1. The lowest BCUT2D eigenvalue weighted by atomic mass is 9.88. The van der Waals surface area contributed by atoms with E-state index in [4.69, 9.17) is 0 Å². The number of thiophene rings is 1. The highest BCUT2D eigenvalue weighted by Crippen LogP contribution is 2.27. The molecule has 0 unspecified atom stereocenters. The van der Waals surface area contributed by atoms with E-state index in [1.165, 1.54) is 11.1 Å². The molecule has 0 spiro atoms. The van der Waals surface area contributed by atoms with E-state index in [1.807, 2.05) is 35.7 Å². The summed E-state index contributed by atoms with van der Waals surface area (Å²) < 4.78 is 0. The number of nitrogens with one attached hydrogen (secondary N) is 1. The molecule has 0 saturated carbocycles. The van der Waals surface area contributed by atoms with Crippen LogP contribution in [-0.2, 0) is 4.79 Å². The van der Waals surface area contributed by atoms with Gasteiger partial charge in [-0.2, -0.15) is 0 Å². The van der Waals surface area contributed by atoms with Gasteiger partial charge in [-0.05, 0) is 35.1 Å². The first-order chi connectivity index (χ1) is 12.3. The maximum Gasteiger partial charge on any atom is 0.244 e. The molecule has 2 aromatic carbocycles. The Morgan fingerprint density at radius 3 is 2.12 bits per heavy atom. The highest BCUT2D eigenvalue weighted by molar-refractivity contribution is 7.10. The molecule has 2 nitrogen and oxygen atoms in total. The predicted octanol–water partition coefficient (Wildman–Crippen LogP) is 5.10. The second-order valence-corrected chi connectivity index (χ2v) is 6.78. The average Bonchev–Trinajstić information content (AvgIpc) is 3.19. The van der Waals surface area contributed by atoms with E-state index in [0.29, 0.717) is 6.54 Å². The standard InChI is InChI=1S/C22H21NOS/c24-22(14-13-20-12-7-17-25-20)23-16-15-21(18-8-3-1-4-9-18)19-10-5-2-6-11-19/h1-14,17,21H,15-16H2,(H,23,24). The summed E-state index contributed by atoms with van der Waals surface area (Å²) in [6.45, 7) is 0.641. The van der Waals surface area contributed by atoms with Gasteiger partial charge in [0.2, 0.25) is 5.91 Å². The second-order valence-electron chi connectivity index (χ2n) is 5.80. The van der Waals surface area contributed by atoms with E-state index in [2.05, 4.69) is 53.8 Å². The zero-order valence-electron chi connectivity index (χ0n) is 14.0. The van der Waals surface area contributed by atoms with Crippen molar-refractivity contribution in [3.8, 4) is 0 Å². The van der Waals surface area contributed by atoms with Crippen LogP contribution in [0, 0.1) is 0 Å². The van der Waals surface area contributed by atoms with E-state index < -0.39 is 0 Å². The summed E-state index contributed by atoms with van der Waals surface area (Å²) in [4.78, 5) is 13.1. The number of benzene rings is 2. The first kappa shape index (κ1) is 17.2. The lowest BCUT2D eigenvalue weighted by molar-refractivity contribution is -0.116. The third kappa shape index (κ3) is 5.16. The molecule has 1 N–H and O–H groups in total. The van der Waals surface area contributed by atoms with Gasteiger partial charge in [-0.15, -0.1) is 11.3 Å². The van der Waals surface area contributed by atoms with Crippen molar-refractivity contribution in [1.82, 2.24) is 5.32 Å². The van der Waals surface area contributed by atoms with Crippen molar-refractivity contribution in [3.63, 3.8) is 0 Å². The molecule has 0 aliphatic carbocycles. The first-order valence-corrected chi connectivity index (χ1v) is 9.30. The molecule has 0 saturated heterocycles. The molecule has 126 valence electrons. The van der Waals surface area contributed by atoms with Gasteiger partial charge < -0.3 is 5.32 Å². The number of carbonyl (C=O) groups excluding carboxylic acids is 1. The zero-order valence-corrected chi connectivity index (χ0v) is 14.8. The van der Waals surface area contributed by atoms with Gasteiger partial charge in [0.25, 0.3) is 0 Å². The second kappa shape index (κ2) is 9.00. The molecule has 0 aliphatic rings. The molecule has 3 heteroatoms. The van der Waals surface area contributed by atoms with Crippen molar-refractivity contribution in [1.29, 1.82) is 0 Å². The van der Waals surface area contributed by atoms with Crippen LogP contribution in [0.25, 0.3) is 6.08 Å². The fourth-order valence-electron chi connectivity index (χ4n) is 2.84. The molecule has 0 radical (unpaired) electrons. The largest absolute Gasteiger partial charge is 0.353 e. The van der Waals surface area contributed by atoms with Crippen LogP contribution in [0.2, 0.25) is 0 Å². The maximum atomic E-state index is 12.0. The van der Waals surface area contributed by atoms with E-state index in [0.717, 1.165) is 11.3 Å². The molecule has 3 aromatic rings. The Hall–Kier alpha value is -2.65. The molecule has 1 amide bonds. The number of amides is 1. The number of hydrogen-bond acceptors (Lipinski definition) is 2.